The first-order valence-corrected chi connectivity index (χ1v) is 10.7. The third-order valence-corrected chi connectivity index (χ3v) is 5.80. The number of allylic oxidation sites excluding steroid dienone is 2. The summed E-state index contributed by atoms with van der Waals surface area (Å²) in [6, 6.07) is 1.58. The Bertz CT molecular complexity index is 1010. The minimum absolute atomic E-state index is 0.0397. The van der Waals surface area contributed by atoms with Crippen LogP contribution in [0.15, 0.2) is 46.7 Å². The van der Waals surface area contributed by atoms with Gasteiger partial charge < -0.3 is 15.0 Å². The van der Waals surface area contributed by atoms with E-state index in [1.165, 1.54) is 17.5 Å². The number of carbonyl (C=O) groups is 1. The van der Waals surface area contributed by atoms with E-state index in [9.17, 15) is 13.6 Å². The summed E-state index contributed by atoms with van der Waals surface area (Å²) < 4.78 is 32.0. The van der Waals surface area contributed by atoms with Gasteiger partial charge >= 0.3 is 12.6 Å². The van der Waals surface area contributed by atoms with Crippen LogP contribution in [0.5, 0.6) is 0 Å². The standard InChI is InChI=1S/C20H22F2N6O2S/c1-2-3-5-24-20(29)30-12-13-9-16-14(15-4-7-28(26-15)19(21)22)10-25-17(27(16)11-13)18-23-6-8-31-18/h2-4,6-8,13,19H,5,9-12H2,1H3,(H,24,29)/b3-2+. The van der Waals surface area contributed by atoms with Crippen LogP contribution in [0.3, 0.4) is 0 Å². The number of carbonyl (C=O) groups excluding carboxylic acids is 1. The van der Waals surface area contributed by atoms with Gasteiger partial charge in [0.05, 0.1) is 18.8 Å². The zero-order valence-corrected chi connectivity index (χ0v) is 17.7. The van der Waals surface area contributed by atoms with Crippen LogP contribution >= 0.6 is 11.3 Å². The Labute approximate surface area is 181 Å². The predicted octanol–water partition coefficient (Wildman–Crippen LogP) is 3.53. The Morgan fingerprint density at radius 3 is 3.06 bits per heavy atom. The summed E-state index contributed by atoms with van der Waals surface area (Å²) in [5.74, 6) is 0.792. The van der Waals surface area contributed by atoms with E-state index in [0.717, 1.165) is 22.1 Å². The highest BCUT2D eigenvalue weighted by Gasteiger charge is 2.36. The number of hydrogen-bond acceptors (Lipinski definition) is 7. The van der Waals surface area contributed by atoms with Gasteiger partial charge in [0.2, 0.25) is 0 Å². The van der Waals surface area contributed by atoms with E-state index in [1.54, 1.807) is 12.3 Å². The van der Waals surface area contributed by atoms with Gasteiger partial charge in [-0.25, -0.2) is 14.5 Å². The van der Waals surface area contributed by atoms with E-state index in [2.05, 4.69) is 20.4 Å². The molecule has 0 bridgehead atoms. The molecule has 164 valence electrons. The Hall–Kier alpha value is -3.08. The van der Waals surface area contributed by atoms with Crippen molar-refractivity contribution in [3.8, 4) is 0 Å². The van der Waals surface area contributed by atoms with E-state index in [0.29, 0.717) is 36.4 Å². The molecule has 2 aliphatic rings. The van der Waals surface area contributed by atoms with Gasteiger partial charge in [0.25, 0.3) is 0 Å². The van der Waals surface area contributed by atoms with Crippen LogP contribution in [0, 0.1) is 5.92 Å². The monoisotopic (exact) mass is 448 g/mol. The second-order valence-corrected chi connectivity index (χ2v) is 7.98. The molecule has 31 heavy (non-hydrogen) atoms. The molecule has 0 spiro atoms. The van der Waals surface area contributed by atoms with Gasteiger partial charge in [0, 0.05) is 48.1 Å². The molecule has 8 nitrogen and oxygen atoms in total. The normalized spacial score (nSPS) is 18.6. The summed E-state index contributed by atoms with van der Waals surface area (Å²) in [6.07, 6.45) is 6.81. The smallest absolute Gasteiger partial charge is 0.407 e. The lowest BCUT2D eigenvalue weighted by molar-refractivity contribution is 0.0564. The number of ether oxygens (including phenoxy) is 1. The molecule has 2 aromatic heterocycles. The molecule has 4 rings (SSSR count). The van der Waals surface area contributed by atoms with Crippen molar-refractivity contribution in [2.75, 3.05) is 26.2 Å². The van der Waals surface area contributed by atoms with Crippen LogP contribution in [-0.4, -0.2) is 57.8 Å². The average Bonchev–Trinajstić information content (AvgIpc) is 3.52. The number of aliphatic imine (C=N–C) groups is 1. The highest BCUT2D eigenvalue weighted by atomic mass is 32.1. The second-order valence-electron chi connectivity index (χ2n) is 7.09. The number of alkyl carbamates (subject to hydrolysis) is 1. The molecule has 1 saturated heterocycles. The fourth-order valence-corrected chi connectivity index (χ4v) is 4.27. The first-order chi connectivity index (χ1) is 15.1. The number of halogens is 2. The molecule has 1 unspecified atom stereocenters. The summed E-state index contributed by atoms with van der Waals surface area (Å²) in [7, 11) is 0. The van der Waals surface area contributed by atoms with E-state index in [-0.39, 0.29) is 12.5 Å². The van der Waals surface area contributed by atoms with Crippen LogP contribution in [0.2, 0.25) is 0 Å². The first-order valence-electron chi connectivity index (χ1n) is 9.86. The highest BCUT2D eigenvalue weighted by molar-refractivity contribution is 7.11. The van der Waals surface area contributed by atoms with Crippen LogP contribution in [0.1, 0.15) is 30.6 Å². The van der Waals surface area contributed by atoms with Crippen LogP contribution in [0.4, 0.5) is 13.6 Å². The molecule has 0 saturated carbocycles. The Kier molecular flexibility index (Phi) is 6.40. The number of fused-ring (bicyclic) bond motifs is 1. The number of alkyl halides is 2. The predicted molar refractivity (Wildman–Crippen MR) is 113 cm³/mol. The largest absolute Gasteiger partial charge is 0.449 e. The molecule has 1 fully saturated rings. The molecule has 2 aliphatic heterocycles. The maximum absolute atomic E-state index is 13.0. The third kappa shape index (κ3) is 4.66. The molecule has 1 N–H and O–H groups in total. The molecule has 0 aliphatic carbocycles. The summed E-state index contributed by atoms with van der Waals surface area (Å²) >= 11 is 1.49. The van der Waals surface area contributed by atoms with Crippen molar-refractivity contribution in [1.82, 2.24) is 25.0 Å². The molecule has 1 atom stereocenters. The summed E-state index contributed by atoms with van der Waals surface area (Å²) in [4.78, 5) is 23.0. The number of nitrogens with one attached hydrogen (secondary N) is 1. The molecule has 0 aromatic carbocycles. The Morgan fingerprint density at radius 1 is 1.48 bits per heavy atom. The molecular weight excluding hydrogens is 426 g/mol. The van der Waals surface area contributed by atoms with Crippen LogP contribution in [0.25, 0.3) is 5.57 Å². The maximum Gasteiger partial charge on any atom is 0.407 e. The van der Waals surface area contributed by atoms with Gasteiger partial charge in [-0.15, -0.1) is 11.3 Å². The number of thiazole rings is 1. The topological polar surface area (TPSA) is 84.6 Å². The number of rotatable bonds is 7. The summed E-state index contributed by atoms with van der Waals surface area (Å²) in [5, 5.41) is 9.35. The maximum atomic E-state index is 13.0. The van der Waals surface area contributed by atoms with Crippen molar-refractivity contribution in [3.63, 3.8) is 0 Å². The van der Waals surface area contributed by atoms with E-state index >= 15 is 0 Å². The minimum atomic E-state index is -2.70. The Balaban J connectivity index is 1.53. The van der Waals surface area contributed by atoms with Gasteiger partial charge in [0.15, 0.2) is 10.8 Å². The number of nitrogens with zero attached hydrogens (tertiary/aromatic N) is 5. The van der Waals surface area contributed by atoms with E-state index in [4.69, 9.17) is 4.74 Å². The SMILES string of the molecule is C/C=C/CNC(=O)OCC1CC2=C(c3ccn(C(F)F)n3)CN=C(c3nccs3)N2C1. The van der Waals surface area contributed by atoms with Crippen molar-refractivity contribution < 1.29 is 18.3 Å². The van der Waals surface area contributed by atoms with Crippen molar-refractivity contribution in [1.29, 1.82) is 0 Å². The molecule has 0 radical (unpaired) electrons. The van der Waals surface area contributed by atoms with Gasteiger partial charge in [-0.3, -0.25) is 4.99 Å². The lowest BCUT2D eigenvalue weighted by atomic mass is 10.0. The van der Waals surface area contributed by atoms with Gasteiger partial charge in [0.1, 0.15) is 0 Å². The van der Waals surface area contributed by atoms with E-state index in [1.807, 2.05) is 29.4 Å². The zero-order valence-electron chi connectivity index (χ0n) is 16.9. The summed E-state index contributed by atoms with van der Waals surface area (Å²) in [6.45, 7) is 0.756. The van der Waals surface area contributed by atoms with E-state index < -0.39 is 12.6 Å². The van der Waals surface area contributed by atoms with Crippen molar-refractivity contribution in [2.45, 2.75) is 19.9 Å². The second kappa shape index (κ2) is 9.38. The van der Waals surface area contributed by atoms with Crippen molar-refractivity contribution in [2.24, 2.45) is 10.9 Å². The van der Waals surface area contributed by atoms with Gasteiger partial charge in [-0.1, -0.05) is 12.2 Å². The third-order valence-electron chi connectivity index (χ3n) is 5.03. The molecule has 4 heterocycles. The molecule has 11 heteroatoms. The summed E-state index contributed by atoms with van der Waals surface area (Å²) in [5.41, 5.74) is 2.25. The number of hydrogen-bond donors (Lipinski definition) is 1. The Morgan fingerprint density at radius 2 is 2.35 bits per heavy atom. The van der Waals surface area contributed by atoms with Crippen molar-refractivity contribution in [3.05, 3.63) is 52.4 Å². The zero-order chi connectivity index (χ0) is 21.8. The number of amidine groups is 1. The highest BCUT2D eigenvalue weighted by Crippen LogP contribution is 2.37. The fraction of sp³-hybridized carbons (Fsp3) is 0.400. The van der Waals surface area contributed by atoms with Gasteiger partial charge in [-0.05, 0) is 19.4 Å². The average molecular weight is 448 g/mol. The first kappa shape index (κ1) is 21.2. The molecule has 1 amide bonds. The lowest BCUT2D eigenvalue weighted by Gasteiger charge is -2.27. The van der Waals surface area contributed by atoms with Crippen molar-refractivity contribution >= 4 is 28.8 Å². The number of amides is 1. The fourth-order valence-electron chi connectivity index (χ4n) is 3.62. The quantitative estimate of drug-likeness (QED) is 0.655. The van der Waals surface area contributed by atoms with Gasteiger partial charge in [-0.2, -0.15) is 13.9 Å². The lowest BCUT2D eigenvalue weighted by Crippen LogP contribution is -2.33. The number of aromatic nitrogens is 3. The minimum Gasteiger partial charge on any atom is -0.449 e. The molecular formula is C20H22F2N6O2S. The van der Waals surface area contributed by atoms with Crippen LogP contribution < -0.4 is 5.32 Å². The van der Waals surface area contributed by atoms with Crippen LogP contribution in [-0.2, 0) is 4.74 Å². The molecule has 2 aromatic rings.